The minimum Gasteiger partial charge on any atom is -0.468 e. The quantitative estimate of drug-likeness (QED) is 0.517. The van der Waals surface area contributed by atoms with E-state index < -0.39 is 58.0 Å². The third-order valence-corrected chi connectivity index (χ3v) is 5.03. The van der Waals surface area contributed by atoms with Gasteiger partial charge in [0.2, 0.25) is 10.0 Å². The van der Waals surface area contributed by atoms with Gasteiger partial charge in [-0.05, 0) is 24.3 Å². The number of esters is 1. The van der Waals surface area contributed by atoms with E-state index in [0.717, 1.165) is 24.3 Å². The van der Waals surface area contributed by atoms with Crippen molar-refractivity contribution in [1.29, 1.82) is 0 Å². The second kappa shape index (κ2) is 8.65. The van der Waals surface area contributed by atoms with Gasteiger partial charge >= 0.3 is 18.3 Å². The lowest BCUT2D eigenvalue weighted by molar-refractivity contribution is -0.179. The third kappa shape index (κ3) is 7.93. The number of methoxy groups -OCH3 is 1. The second-order valence-electron chi connectivity index (χ2n) is 5.47. The second-order valence-corrected chi connectivity index (χ2v) is 7.63. The van der Waals surface area contributed by atoms with Crippen LogP contribution in [-0.4, -0.2) is 39.9 Å². The first kappa shape index (κ1) is 23.5. The molecule has 154 valence electrons. The van der Waals surface area contributed by atoms with Crippen LogP contribution in [0.1, 0.15) is 12.8 Å². The SMILES string of the molecule is COC(=O)C(NS(=O)(=O)c1ccc(Cl)cc1)C(CC(F)(F)F)CC(F)(F)F. The number of ether oxygens (including phenoxy) is 1. The van der Waals surface area contributed by atoms with Gasteiger partial charge in [-0.2, -0.15) is 31.1 Å². The maximum Gasteiger partial charge on any atom is 0.389 e. The molecule has 0 radical (unpaired) electrons. The van der Waals surface area contributed by atoms with Crippen LogP contribution in [0.25, 0.3) is 0 Å². The van der Waals surface area contributed by atoms with Crippen LogP contribution in [-0.2, 0) is 19.6 Å². The number of halogens is 7. The van der Waals surface area contributed by atoms with Crippen LogP contribution in [0.3, 0.4) is 0 Å². The molecule has 13 heteroatoms. The summed E-state index contributed by atoms with van der Waals surface area (Å²) in [6, 6.07) is 1.83. The third-order valence-electron chi connectivity index (χ3n) is 3.32. The van der Waals surface area contributed by atoms with Crippen molar-refractivity contribution in [3.8, 4) is 0 Å². The molecule has 1 N–H and O–H groups in total. The number of benzene rings is 1. The zero-order valence-electron chi connectivity index (χ0n) is 13.6. The standard InChI is InChI=1S/C14H14ClF6NO4S/c1-26-12(23)11(8(6-13(16,17)18)7-14(19,20)21)22-27(24,25)10-4-2-9(15)3-5-10/h2-5,8,11,22H,6-7H2,1H3. The molecular formula is C14H14ClF6NO4S. The van der Waals surface area contributed by atoms with Crippen LogP contribution in [0.15, 0.2) is 29.2 Å². The summed E-state index contributed by atoms with van der Waals surface area (Å²) in [5, 5.41) is 0.144. The smallest absolute Gasteiger partial charge is 0.389 e. The van der Waals surface area contributed by atoms with Crippen LogP contribution in [0, 0.1) is 5.92 Å². The van der Waals surface area contributed by atoms with Gasteiger partial charge in [0.25, 0.3) is 0 Å². The summed E-state index contributed by atoms with van der Waals surface area (Å²) >= 11 is 5.60. The highest BCUT2D eigenvalue weighted by Gasteiger charge is 2.46. The van der Waals surface area contributed by atoms with Crippen molar-refractivity contribution in [3.63, 3.8) is 0 Å². The fraction of sp³-hybridized carbons (Fsp3) is 0.500. The van der Waals surface area contributed by atoms with Crippen molar-refractivity contribution in [2.75, 3.05) is 7.11 Å². The molecule has 0 aliphatic heterocycles. The van der Waals surface area contributed by atoms with E-state index in [1.807, 2.05) is 0 Å². The van der Waals surface area contributed by atoms with Gasteiger partial charge in [-0.25, -0.2) is 8.42 Å². The first-order valence-electron chi connectivity index (χ1n) is 7.14. The van der Waals surface area contributed by atoms with E-state index in [2.05, 4.69) is 4.74 Å². The molecular weight excluding hydrogens is 428 g/mol. The molecule has 0 amide bonds. The summed E-state index contributed by atoms with van der Waals surface area (Å²) in [5.41, 5.74) is 0. The Hall–Kier alpha value is -1.53. The molecule has 0 saturated carbocycles. The molecule has 1 aromatic carbocycles. The Labute approximate surface area is 155 Å². The summed E-state index contributed by atoms with van der Waals surface area (Å²) in [6.45, 7) is 0. The fourth-order valence-corrected chi connectivity index (χ4v) is 3.59. The number of hydrogen-bond acceptors (Lipinski definition) is 4. The molecule has 1 unspecified atom stereocenters. The van der Waals surface area contributed by atoms with Gasteiger partial charge in [0.15, 0.2) is 0 Å². The van der Waals surface area contributed by atoms with Crippen LogP contribution >= 0.6 is 11.6 Å². The van der Waals surface area contributed by atoms with Gasteiger partial charge in [-0.1, -0.05) is 11.6 Å². The first-order chi connectivity index (χ1) is 12.1. The summed E-state index contributed by atoms with van der Waals surface area (Å²) < 4.78 is 107. The number of carbonyl (C=O) groups is 1. The van der Waals surface area contributed by atoms with E-state index >= 15 is 0 Å². The Bertz CT molecular complexity index is 732. The van der Waals surface area contributed by atoms with E-state index in [0.29, 0.717) is 7.11 Å². The van der Waals surface area contributed by atoms with Crippen molar-refractivity contribution in [2.24, 2.45) is 5.92 Å². The number of carbonyl (C=O) groups excluding carboxylic acids is 1. The normalized spacial score (nSPS) is 14.3. The Morgan fingerprint density at radius 3 is 1.89 bits per heavy atom. The Morgan fingerprint density at radius 1 is 1.07 bits per heavy atom. The van der Waals surface area contributed by atoms with Crippen LogP contribution in [0.4, 0.5) is 26.3 Å². The number of hydrogen-bond donors (Lipinski definition) is 1. The Balaban J connectivity index is 3.27. The van der Waals surface area contributed by atoms with Crippen molar-refractivity contribution >= 4 is 27.6 Å². The van der Waals surface area contributed by atoms with Crippen LogP contribution < -0.4 is 4.72 Å². The number of alkyl halides is 6. The largest absolute Gasteiger partial charge is 0.468 e. The molecule has 0 heterocycles. The van der Waals surface area contributed by atoms with E-state index in [9.17, 15) is 39.6 Å². The van der Waals surface area contributed by atoms with Gasteiger partial charge in [0.05, 0.1) is 12.0 Å². The Morgan fingerprint density at radius 2 is 1.52 bits per heavy atom. The number of nitrogens with one attached hydrogen (secondary N) is 1. The highest BCUT2D eigenvalue weighted by molar-refractivity contribution is 7.89. The molecule has 1 rings (SSSR count). The maximum absolute atomic E-state index is 12.7. The molecule has 0 aliphatic rings. The minimum absolute atomic E-state index is 0.144. The zero-order chi connectivity index (χ0) is 21.0. The molecule has 0 fully saturated rings. The molecule has 0 aliphatic carbocycles. The summed E-state index contributed by atoms with van der Waals surface area (Å²) in [7, 11) is -3.92. The topological polar surface area (TPSA) is 72.5 Å². The monoisotopic (exact) mass is 441 g/mol. The van der Waals surface area contributed by atoms with Crippen molar-refractivity contribution in [1.82, 2.24) is 4.72 Å². The van der Waals surface area contributed by atoms with E-state index in [1.54, 1.807) is 4.72 Å². The summed E-state index contributed by atoms with van der Waals surface area (Å²) in [6.07, 6.45) is -14.2. The zero-order valence-corrected chi connectivity index (χ0v) is 15.1. The molecule has 27 heavy (non-hydrogen) atoms. The average molecular weight is 442 g/mol. The van der Waals surface area contributed by atoms with Crippen LogP contribution in [0.2, 0.25) is 5.02 Å². The fourth-order valence-electron chi connectivity index (χ4n) is 2.22. The van der Waals surface area contributed by atoms with Gasteiger partial charge in [-0.15, -0.1) is 0 Å². The molecule has 0 spiro atoms. The molecule has 1 atom stereocenters. The Kier molecular flexibility index (Phi) is 7.53. The van der Waals surface area contributed by atoms with Crippen molar-refractivity contribution < 1.29 is 44.3 Å². The van der Waals surface area contributed by atoms with E-state index in [4.69, 9.17) is 11.6 Å². The lowest BCUT2D eigenvalue weighted by Gasteiger charge is -2.27. The maximum atomic E-state index is 12.7. The summed E-state index contributed by atoms with van der Waals surface area (Å²) in [4.78, 5) is 11.3. The van der Waals surface area contributed by atoms with Gasteiger partial charge in [0.1, 0.15) is 6.04 Å². The van der Waals surface area contributed by atoms with Crippen molar-refractivity contribution in [2.45, 2.75) is 36.1 Å². The summed E-state index contributed by atoms with van der Waals surface area (Å²) in [5.74, 6) is -4.04. The van der Waals surface area contributed by atoms with Crippen molar-refractivity contribution in [3.05, 3.63) is 29.3 Å². The number of rotatable bonds is 7. The lowest BCUT2D eigenvalue weighted by Crippen LogP contribution is -2.48. The molecule has 1 aromatic rings. The average Bonchev–Trinajstić information content (AvgIpc) is 2.49. The van der Waals surface area contributed by atoms with E-state index in [1.165, 1.54) is 0 Å². The van der Waals surface area contributed by atoms with Gasteiger partial charge < -0.3 is 4.74 Å². The number of sulfonamides is 1. The van der Waals surface area contributed by atoms with Gasteiger partial charge in [-0.3, -0.25) is 4.79 Å². The highest BCUT2D eigenvalue weighted by atomic mass is 35.5. The molecule has 5 nitrogen and oxygen atoms in total. The first-order valence-corrected chi connectivity index (χ1v) is 9.00. The van der Waals surface area contributed by atoms with Gasteiger partial charge in [0, 0.05) is 23.8 Å². The molecule has 0 saturated heterocycles. The van der Waals surface area contributed by atoms with Crippen LogP contribution in [0.5, 0.6) is 0 Å². The molecule has 0 bridgehead atoms. The lowest BCUT2D eigenvalue weighted by atomic mass is 9.92. The predicted molar refractivity (Wildman–Crippen MR) is 82.4 cm³/mol. The van der Waals surface area contributed by atoms with E-state index in [-0.39, 0.29) is 5.02 Å². The molecule has 0 aromatic heterocycles. The minimum atomic E-state index is -5.08. The highest BCUT2D eigenvalue weighted by Crippen LogP contribution is 2.35. The predicted octanol–water partition coefficient (Wildman–Crippen LogP) is 3.68.